The van der Waals surface area contributed by atoms with Gasteiger partial charge in [-0.1, -0.05) is 73.7 Å². The third-order valence-electron chi connectivity index (χ3n) is 5.13. The maximum Gasteiger partial charge on any atom is 0.341 e. The number of hydrogen-bond acceptors (Lipinski definition) is 4. The van der Waals surface area contributed by atoms with Crippen molar-refractivity contribution in [3.63, 3.8) is 0 Å². The molecule has 4 aromatic rings. The summed E-state index contributed by atoms with van der Waals surface area (Å²) in [7, 11) is 0. The van der Waals surface area contributed by atoms with Crippen LogP contribution in [-0.4, -0.2) is 17.7 Å². The number of para-hydroxylation sites is 1. The molecule has 0 bridgehead atoms. The molecule has 0 radical (unpaired) electrons. The molecule has 1 atom stereocenters. The second-order valence-corrected chi connectivity index (χ2v) is 7.11. The van der Waals surface area contributed by atoms with Crippen molar-refractivity contribution >= 4 is 27.5 Å². The standard InChI is InChI=1S/C25H20O4/c1-16(15-29-25(28)22-8-4-5-9-23(22)26)18-12-13-21-19(14-18)11-10-17-6-2-3-7-20(17)24(21)27/h2-14,16,26H,15H2,1H3. The summed E-state index contributed by atoms with van der Waals surface area (Å²) < 4.78 is 5.38. The lowest BCUT2D eigenvalue weighted by molar-refractivity contribution is 0.0482. The third-order valence-corrected chi connectivity index (χ3v) is 5.13. The van der Waals surface area contributed by atoms with E-state index in [0.29, 0.717) is 10.8 Å². The molecular formula is C25H20O4. The summed E-state index contributed by atoms with van der Waals surface area (Å²) in [5.74, 6) is -0.724. The molecule has 1 N–H and O–H groups in total. The molecule has 0 saturated heterocycles. The zero-order chi connectivity index (χ0) is 20.4. The van der Waals surface area contributed by atoms with Gasteiger partial charge in [0, 0.05) is 16.7 Å². The fourth-order valence-electron chi connectivity index (χ4n) is 3.43. The molecule has 29 heavy (non-hydrogen) atoms. The average Bonchev–Trinajstić information content (AvgIpc) is 2.89. The van der Waals surface area contributed by atoms with Gasteiger partial charge in [0.15, 0.2) is 5.43 Å². The summed E-state index contributed by atoms with van der Waals surface area (Å²) >= 11 is 0. The molecule has 4 heteroatoms. The number of phenolic OH excluding ortho intramolecular Hbond substituents is 1. The normalized spacial score (nSPS) is 12.0. The Morgan fingerprint density at radius 3 is 2.41 bits per heavy atom. The van der Waals surface area contributed by atoms with Gasteiger partial charge in [-0.15, -0.1) is 0 Å². The highest BCUT2D eigenvalue weighted by Gasteiger charge is 2.15. The zero-order valence-electron chi connectivity index (χ0n) is 16.0. The molecule has 4 rings (SSSR count). The first kappa shape index (κ1) is 18.7. The van der Waals surface area contributed by atoms with E-state index < -0.39 is 5.97 Å². The lowest BCUT2D eigenvalue weighted by atomic mass is 9.99. The van der Waals surface area contributed by atoms with Gasteiger partial charge in [-0.25, -0.2) is 4.79 Å². The van der Waals surface area contributed by atoms with Crippen molar-refractivity contribution in [3.8, 4) is 5.75 Å². The van der Waals surface area contributed by atoms with Crippen LogP contribution in [0.3, 0.4) is 0 Å². The van der Waals surface area contributed by atoms with Crippen molar-refractivity contribution in [2.45, 2.75) is 12.8 Å². The van der Waals surface area contributed by atoms with E-state index in [1.54, 1.807) is 12.1 Å². The van der Waals surface area contributed by atoms with Gasteiger partial charge in [0.1, 0.15) is 11.3 Å². The lowest BCUT2D eigenvalue weighted by Gasteiger charge is -2.13. The van der Waals surface area contributed by atoms with Gasteiger partial charge in [-0.2, -0.15) is 0 Å². The first-order valence-electron chi connectivity index (χ1n) is 9.45. The van der Waals surface area contributed by atoms with Crippen LogP contribution in [0.2, 0.25) is 0 Å². The average molecular weight is 384 g/mol. The van der Waals surface area contributed by atoms with Crippen LogP contribution in [0.1, 0.15) is 28.8 Å². The maximum absolute atomic E-state index is 12.9. The zero-order valence-corrected chi connectivity index (χ0v) is 16.0. The molecule has 144 valence electrons. The van der Waals surface area contributed by atoms with Crippen LogP contribution in [0.15, 0.2) is 83.7 Å². The quantitative estimate of drug-likeness (QED) is 0.502. The SMILES string of the molecule is CC(COC(=O)c1ccccc1O)c1ccc2c(=O)c3ccccc3ccc2c1. The largest absolute Gasteiger partial charge is 0.507 e. The number of carbonyl (C=O) groups is 1. The van der Waals surface area contributed by atoms with Gasteiger partial charge in [-0.3, -0.25) is 4.79 Å². The van der Waals surface area contributed by atoms with E-state index in [1.807, 2.05) is 61.5 Å². The molecule has 0 aliphatic rings. The van der Waals surface area contributed by atoms with E-state index in [9.17, 15) is 14.7 Å². The monoisotopic (exact) mass is 384 g/mol. The summed E-state index contributed by atoms with van der Waals surface area (Å²) in [5, 5.41) is 12.9. The number of rotatable bonds is 4. The predicted octanol–water partition coefficient (Wildman–Crippen LogP) is 5.02. The maximum atomic E-state index is 12.9. The topological polar surface area (TPSA) is 63.6 Å². The summed E-state index contributed by atoms with van der Waals surface area (Å²) in [6, 6.07) is 23.5. The number of ether oxygens (including phenoxy) is 1. The van der Waals surface area contributed by atoms with E-state index in [-0.39, 0.29) is 29.3 Å². The fourth-order valence-corrected chi connectivity index (χ4v) is 3.43. The number of hydrogen-bond donors (Lipinski definition) is 1. The molecule has 0 spiro atoms. The van der Waals surface area contributed by atoms with Crippen LogP contribution in [-0.2, 0) is 4.74 Å². The lowest BCUT2D eigenvalue weighted by Crippen LogP contribution is -2.11. The first-order valence-corrected chi connectivity index (χ1v) is 9.45. The highest BCUT2D eigenvalue weighted by Crippen LogP contribution is 2.23. The molecule has 4 aromatic carbocycles. The van der Waals surface area contributed by atoms with Gasteiger partial charge in [0.2, 0.25) is 0 Å². The Bertz CT molecular complexity index is 1280. The Hall–Kier alpha value is -3.66. The molecule has 0 fully saturated rings. The van der Waals surface area contributed by atoms with Gasteiger partial charge >= 0.3 is 5.97 Å². The molecule has 0 aromatic heterocycles. The number of phenols is 1. The summed E-state index contributed by atoms with van der Waals surface area (Å²) in [5.41, 5.74) is 1.12. The van der Waals surface area contributed by atoms with Crippen LogP contribution in [0.25, 0.3) is 21.5 Å². The summed E-state index contributed by atoms with van der Waals surface area (Å²) in [4.78, 5) is 25.1. The highest BCUT2D eigenvalue weighted by molar-refractivity contribution is 5.94. The minimum atomic E-state index is -0.560. The Kier molecular flexibility index (Phi) is 5.00. The molecule has 0 aliphatic carbocycles. The Morgan fingerprint density at radius 2 is 1.59 bits per heavy atom. The van der Waals surface area contributed by atoms with Crippen LogP contribution >= 0.6 is 0 Å². The third kappa shape index (κ3) is 3.69. The molecule has 0 saturated carbocycles. The van der Waals surface area contributed by atoms with Crippen LogP contribution < -0.4 is 5.43 Å². The summed E-state index contributed by atoms with van der Waals surface area (Å²) in [6.45, 7) is 2.13. The van der Waals surface area contributed by atoms with Crippen molar-refractivity contribution in [2.75, 3.05) is 6.61 Å². The fraction of sp³-hybridized carbons (Fsp3) is 0.120. The van der Waals surface area contributed by atoms with Gasteiger partial charge < -0.3 is 9.84 Å². The first-order chi connectivity index (χ1) is 14.0. The van der Waals surface area contributed by atoms with Crippen molar-refractivity contribution in [2.24, 2.45) is 0 Å². The van der Waals surface area contributed by atoms with Crippen LogP contribution in [0.5, 0.6) is 5.75 Å². The van der Waals surface area contributed by atoms with E-state index in [1.165, 1.54) is 12.1 Å². The van der Waals surface area contributed by atoms with Crippen molar-refractivity contribution in [1.82, 2.24) is 0 Å². The molecule has 0 amide bonds. The van der Waals surface area contributed by atoms with Crippen LogP contribution in [0.4, 0.5) is 0 Å². The Morgan fingerprint density at radius 1 is 0.897 bits per heavy atom. The van der Waals surface area contributed by atoms with E-state index in [0.717, 1.165) is 16.3 Å². The smallest absolute Gasteiger partial charge is 0.341 e. The number of carbonyl (C=O) groups excluding carboxylic acids is 1. The van der Waals surface area contributed by atoms with Crippen molar-refractivity contribution < 1.29 is 14.6 Å². The van der Waals surface area contributed by atoms with Crippen molar-refractivity contribution in [1.29, 1.82) is 0 Å². The Balaban J connectivity index is 1.61. The van der Waals surface area contributed by atoms with Crippen LogP contribution in [0, 0.1) is 0 Å². The molecule has 1 unspecified atom stereocenters. The molecule has 0 heterocycles. The van der Waals surface area contributed by atoms with E-state index in [4.69, 9.17) is 4.74 Å². The number of esters is 1. The Labute approximate surface area is 168 Å². The van der Waals surface area contributed by atoms with Gasteiger partial charge in [0.25, 0.3) is 0 Å². The van der Waals surface area contributed by atoms with Gasteiger partial charge in [0.05, 0.1) is 6.61 Å². The minimum absolute atomic E-state index is 0.00536. The van der Waals surface area contributed by atoms with Gasteiger partial charge in [-0.05, 0) is 28.5 Å². The molecule has 0 aliphatic heterocycles. The molecule has 4 nitrogen and oxygen atoms in total. The number of fused-ring (bicyclic) bond motifs is 2. The second kappa shape index (κ2) is 7.76. The van der Waals surface area contributed by atoms with E-state index >= 15 is 0 Å². The molecular weight excluding hydrogens is 364 g/mol. The van der Waals surface area contributed by atoms with E-state index in [2.05, 4.69) is 0 Å². The number of benzene rings is 3. The minimum Gasteiger partial charge on any atom is -0.507 e. The summed E-state index contributed by atoms with van der Waals surface area (Å²) in [6.07, 6.45) is 0. The number of aromatic hydroxyl groups is 1. The highest BCUT2D eigenvalue weighted by atomic mass is 16.5. The second-order valence-electron chi connectivity index (χ2n) is 7.11. The predicted molar refractivity (Wildman–Crippen MR) is 115 cm³/mol. The van der Waals surface area contributed by atoms with Crippen molar-refractivity contribution in [3.05, 3.63) is 100 Å².